The summed E-state index contributed by atoms with van der Waals surface area (Å²) in [5.74, 6) is 2.01. The minimum atomic E-state index is 0.532. The Balaban J connectivity index is 1.86. The van der Waals surface area contributed by atoms with Crippen molar-refractivity contribution in [1.82, 2.24) is 10.3 Å². The summed E-state index contributed by atoms with van der Waals surface area (Å²) in [6, 6.07) is 9.30. The third-order valence-corrected chi connectivity index (χ3v) is 3.55. The third kappa shape index (κ3) is 5.58. The summed E-state index contributed by atoms with van der Waals surface area (Å²) in [5, 5.41) is 3.95. The maximum Gasteiger partial charge on any atom is 0.213 e. The Kier molecular flexibility index (Phi) is 7.65. The van der Waals surface area contributed by atoms with Crippen molar-refractivity contribution in [2.45, 2.75) is 20.4 Å². The Labute approximate surface area is 147 Å². The summed E-state index contributed by atoms with van der Waals surface area (Å²) >= 11 is 6.33. The molecule has 1 N–H and O–H groups in total. The van der Waals surface area contributed by atoms with Gasteiger partial charge in [0.1, 0.15) is 6.61 Å². The van der Waals surface area contributed by atoms with Gasteiger partial charge in [-0.05, 0) is 31.5 Å². The van der Waals surface area contributed by atoms with Crippen LogP contribution in [-0.2, 0) is 6.54 Å². The van der Waals surface area contributed by atoms with Gasteiger partial charge in [0.25, 0.3) is 0 Å². The second-order valence-electron chi connectivity index (χ2n) is 4.95. The summed E-state index contributed by atoms with van der Waals surface area (Å²) in [6.07, 6.45) is 1.71. The number of ether oxygens (including phenoxy) is 3. The van der Waals surface area contributed by atoms with Crippen LogP contribution in [0.3, 0.4) is 0 Å². The van der Waals surface area contributed by atoms with Crippen molar-refractivity contribution < 1.29 is 14.2 Å². The Morgan fingerprint density at radius 3 is 2.46 bits per heavy atom. The lowest BCUT2D eigenvalue weighted by molar-refractivity contribution is 0.287. The molecule has 5 nitrogen and oxygen atoms in total. The largest absolute Gasteiger partial charge is 0.490 e. The zero-order chi connectivity index (χ0) is 17.2. The van der Waals surface area contributed by atoms with E-state index in [4.69, 9.17) is 25.8 Å². The first-order valence-corrected chi connectivity index (χ1v) is 8.45. The van der Waals surface area contributed by atoms with Crippen molar-refractivity contribution in [2.24, 2.45) is 0 Å². The molecule has 24 heavy (non-hydrogen) atoms. The molecule has 1 heterocycles. The van der Waals surface area contributed by atoms with Gasteiger partial charge in [0.05, 0.1) is 13.2 Å². The predicted molar refractivity (Wildman–Crippen MR) is 95.2 cm³/mol. The van der Waals surface area contributed by atoms with Crippen LogP contribution < -0.4 is 19.5 Å². The summed E-state index contributed by atoms with van der Waals surface area (Å²) in [5.41, 5.74) is 0.960. The Morgan fingerprint density at radius 1 is 1.04 bits per heavy atom. The highest BCUT2D eigenvalue weighted by Gasteiger charge is 2.10. The van der Waals surface area contributed by atoms with Crippen LogP contribution >= 0.6 is 11.6 Å². The van der Waals surface area contributed by atoms with Crippen LogP contribution in [-0.4, -0.2) is 31.3 Å². The number of aromatic nitrogens is 1. The molecule has 0 aliphatic heterocycles. The van der Waals surface area contributed by atoms with Gasteiger partial charge in [0.2, 0.25) is 5.88 Å². The average Bonchev–Trinajstić information content (AvgIpc) is 2.59. The fourth-order valence-corrected chi connectivity index (χ4v) is 2.35. The molecule has 6 heteroatoms. The van der Waals surface area contributed by atoms with Crippen molar-refractivity contribution in [2.75, 3.05) is 26.4 Å². The number of benzene rings is 1. The molecule has 0 atom stereocenters. The number of hydrogen-bond acceptors (Lipinski definition) is 5. The number of nitrogens with zero attached hydrogens (tertiary/aromatic N) is 1. The van der Waals surface area contributed by atoms with Gasteiger partial charge in [-0.25, -0.2) is 4.98 Å². The zero-order valence-corrected chi connectivity index (χ0v) is 14.8. The molecule has 1 aromatic carbocycles. The standard InChI is InChI=1S/C18H23ClN2O3/c1-3-22-16-11-14(15(19)12-17(16)23-4-2)13-20-9-10-24-18-7-5-6-8-21-18/h5-8,11-12,20H,3-4,9-10,13H2,1-2H3. The quantitative estimate of drug-likeness (QED) is 0.662. The second-order valence-corrected chi connectivity index (χ2v) is 5.36. The van der Waals surface area contributed by atoms with E-state index in [9.17, 15) is 0 Å². The highest BCUT2D eigenvalue weighted by atomic mass is 35.5. The van der Waals surface area contributed by atoms with Crippen LogP contribution in [0.5, 0.6) is 17.4 Å². The van der Waals surface area contributed by atoms with Gasteiger partial charge in [-0.2, -0.15) is 0 Å². The SMILES string of the molecule is CCOc1cc(Cl)c(CNCCOc2ccccn2)cc1OCC. The molecule has 0 aliphatic rings. The minimum absolute atomic E-state index is 0.532. The molecule has 0 amide bonds. The van der Waals surface area contributed by atoms with E-state index in [-0.39, 0.29) is 0 Å². The molecule has 0 fully saturated rings. The van der Waals surface area contributed by atoms with E-state index in [1.54, 1.807) is 12.3 Å². The molecule has 0 bridgehead atoms. The first-order valence-electron chi connectivity index (χ1n) is 8.07. The molecule has 0 saturated heterocycles. The van der Waals surface area contributed by atoms with Crippen LogP contribution in [0.25, 0.3) is 0 Å². The highest BCUT2D eigenvalue weighted by Crippen LogP contribution is 2.33. The smallest absolute Gasteiger partial charge is 0.213 e. The normalized spacial score (nSPS) is 10.5. The van der Waals surface area contributed by atoms with E-state index in [0.29, 0.717) is 55.3 Å². The minimum Gasteiger partial charge on any atom is -0.490 e. The van der Waals surface area contributed by atoms with Crippen LogP contribution in [0, 0.1) is 0 Å². The molecular formula is C18H23ClN2O3. The van der Waals surface area contributed by atoms with Crippen LogP contribution in [0.15, 0.2) is 36.5 Å². The van der Waals surface area contributed by atoms with Crippen molar-refractivity contribution in [3.05, 3.63) is 47.1 Å². The summed E-state index contributed by atoms with van der Waals surface area (Å²) in [6.45, 7) is 6.86. The number of halogens is 1. The van der Waals surface area contributed by atoms with Crippen molar-refractivity contribution >= 4 is 11.6 Å². The van der Waals surface area contributed by atoms with Crippen molar-refractivity contribution in [1.29, 1.82) is 0 Å². The molecule has 0 saturated carbocycles. The molecule has 1 aromatic heterocycles. The van der Waals surface area contributed by atoms with Gasteiger partial charge in [-0.1, -0.05) is 17.7 Å². The van der Waals surface area contributed by atoms with Gasteiger partial charge >= 0.3 is 0 Å². The van der Waals surface area contributed by atoms with Crippen molar-refractivity contribution in [3.63, 3.8) is 0 Å². The van der Waals surface area contributed by atoms with E-state index in [1.165, 1.54) is 0 Å². The predicted octanol–water partition coefficient (Wildman–Crippen LogP) is 3.70. The van der Waals surface area contributed by atoms with E-state index in [2.05, 4.69) is 10.3 Å². The first kappa shape index (κ1) is 18.4. The van der Waals surface area contributed by atoms with Crippen molar-refractivity contribution in [3.8, 4) is 17.4 Å². The van der Waals surface area contributed by atoms with E-state index in [0.717, 1.165) is 5.56 Å². The lowest BCUT2D eigenvalue weighted by Crippen LogP contribution is -2.21. The molecule has 0 spiro atoms. The third-order valence-electron chi connectivity index (χ3n) is 3.19. The number of nitrogens with one attached hydrogen (secondary N) is 1. The Hall–Kier alpha value is -1.98. The van der Waals surface area contributed by atoms with E-state index >= 15 is 0 Å². The molecule has 0 unspecified atom stereocenters. The van der Waals surface area contributed by atoms with Crippen LogP contribution in [0.4, 0.5) is 0 Å². The van der Waals surface area contributed by atoms with E-state index < -0.39 is 0 Å². The Bertz CT molecular complexity index is 623. The summed E-state index contributed by atoms with van der Waals surface area (Å²) in [7, 11) is 0. The van der Waals surface area contributed by atoms with Gasteiger partial charge in [0.15, 0.2) is 11.5 Å². The van der Waals surface area contributed by atoms with Gasteiger partial charge in [0, 0.05) is 36.4 Å². The Morgan fingerprint density at radius 2 is 1.79 bits per heavy atom. The lowest BCUT2D eigenvalue weighted by atomic mass is 10.2. The maximum atomic E-state index is 6.33. The fourth-order valence-electron chi connectivity index (χ4n) is 2.13. The molecule has 0 aliphatic carbocycles. The molecule has 2 rings (SSSR count). The fraction of sp³-hybridized carbons (Fsp3) is 0.389. The summed E-state index contributed by atoms with van der Waals surface area (Å²) in [4.78, 5) is 4.11. The molecule has 2 aromatic rings. The first-order chi connectivity index (χ1) is 11.7. The van der Waals surface area contributed by atoms with Gasteiger partial charge < -0.3 is 19.5 Å². The topological polar surface area (TPSA) is 52.6 Å². The van der Waals surface area contributed by atoms with Crippen LogP contribution in [0.1, 0.15) is 19.4 Å². The second kappa shape index (κ2) is 10.0. The van der Waals surface area contributed by atoms with Crippen LogP contribution in [0.2, 0.25) is 5.02 Å². The van der Waals surface area contributed by atoms with Gasteiger partial charge in [-0.3, -0.25) is 0 Å². The highest BCUT2D eigenvalue weighted by molar-refractivity contribution is 6.31. The van der Waals surface area contributed by atoms with Gasteiger partial charge in [-0.15, -0.1) is 0 Å². The molecular weight excluding hydrogens is 328 g/mol. The molecule has 0 radical (unpaired) electrons. The number of rotatable bonds is 10. The summed E-state index contributed by atoms with van der Waals surface area (Å²) < 4.78 is 16.7. The monoisotopic (exact) mass is 350 g/mol. The zero-order valence-electron chi connectivity index (χ0n) is 14.0. The maximum absolute atomic E-state index is 6.33. The molecule has 130 valence electrons. The van der Waals surface area contributed by atoms with E-state index in [1.807, 2.05) is 38.1 Å². The average molecular weight is 351 g/mol. The number of pyridine rings is 1. The number of hydrogen-bond donors (Lipinski definition) is 1. The lowest BCUT2D eigenvalue weighted by Gasteiger charge is -2.14.